The normalized spacial score (nSPS) is 11.1. The Bertz CT molecular complexity index is 2560. The summed E-state index contributed by atoms with van der Waals surface area (Å²) in [7, 11) is 15.0. The molecule has 0 amide bonds. The molecule has 0 fully saturated rings. The molecule has 6 aromatic rings. The molecule has 8 nitrogen and oxygen atoms in total. The fourth-order valence-corrected chi connectivity index (χ4v) is 8.06. The van der Waals surface area contributed by atoms with Crippen molar-refractivity contribution < 1.29 is 18.9 Å². The van der Waals surface area contributed by atoms with Gasteiger partial charge in [-0.3, -0.25) is 0 Å². The molecule has 0 atom stereocenters. The Morgan fingerprint density at radius 3 is 0.894 bits per heavy atom. The first-order chi connectivity index (χ1) is 31.6. The van der Waals surface area contributed by atoms with E-state index in [1.54, 1.807) is 19.6 Å². The smallest absolute Gasteiger partial charge is 0.264 e. The van der Waals surface area contributed by atoms with Gasteiger partial charge in [0.1, 0.15) is 23.0 Å². The van der Waals surface area contributed by atoms with Crippen molar-refractivity contribution in [2.24, 2.45) is 0 Å². The Kier molecular flexibility index (Phi) is 17.6. The summed E-state index contributed by atoms with van der Waals surface area (Å²) in [4.78, 5) is 7.12. The summed E-state index contributed by atoms with van der Waals surface area (Å²) in [6.07, 6.45) is 11.7. The molecule has 0 saturated heterocycles. The van der Waals surface area contributed by atoms with Gasteiger partial charge in [0.05, 0.1) is 0 Å². The molecule has 6 aromatic carbocycles. The summed E-state index contributed by atoms with van der Waals surface area (Å²) in [5.74, 6) is 2.30. The number of hydrogen-bond acceptors (Lipinski definition) is 8. The minimum Gasteiger partial charge on any atom is -0.431 e. The van der Waals surface area contributed by atoms with Crippen LogP contribution in [-0.2, 0) is 12.8 Å². The third-order valence-electron chi connectivity index (χ3n) is 11.5. The van der Waals surface area contributed by atoms with Crippen LogP contribution in [-0.4, -0.2) is 96.7 Å². The average molecular weight is 961 g/mol. The molecule has 0 aliphatic carbocycles. The Morgan fingerprint density at radius 2 is 0.621 bits per heavy atom. The van der Waals surface area contributed by atoms with Crippen molar-refractivity contribution in [1.82, 2.24) is 19.6 Å². The van der Waals surface area contributed by atoms with Crippen LogP contribution in [0.5, 0.6) is 23.0 Å². The van der Waals surface area contributed by atoms with Gasteiger partial charge in [-0.25, -0.2) is 0 Å². The van der Waals surface area contributed by atoms with Gasteiger partial charge in [0.2, 0.25) is 0 Å². The minimum atomic E-state index is 0.305. The number of thiocarbonyl (C=S) groups is 4. The lowest BCUT2D eigenvalue weighted by molar-refractivity contribution is 0.446. The number of rotatable bonds is 16. The van der Waals surface area contributed by atoms with E-state index in [4.69, 9.17) is 67.8 Å². The average Bonchev–Trinajstić information content (AvgIpc) is 3.28. The zero-order chi connectivity index (χ0) is 47.7. The van der Waals surface area contributed by atoms with Crippen molar-refractivity contribution in [2.45, 2.75) is 78.1 Å². The molecule has 0 aliphatic heterocycles. The third-order valence-corrected chi connectivity index (χ3v) is 13.3. The van der Waals surface area contributed by atoms with Gasteiger partial charge in [0.15, 0.2) is 0 Å². The summed E-state index contributed by atoms with van der Waals surface area (Å²) < 4.78 is 26.3. The number of nitrogens with zero attached hydrogens (tertiary/aromatic N) is 4. The van der Waals surface area contributed by atoms with E-state index in [1.165, 1.54) is 49.7 Å². The van der Waals surface area contributed by atoms with Crippen LogP contribution in [0.1, 0.15) is 76.3 Å². The van der Waals surface area contributed by atoms with E-state index in [0.29, 0.717) is 43.7 Å². The van der Waals surface area contributed by atoms with Crippen LogP contribution in [0.25, 0.3) is 54.6 Å². The van der Waals surface area contributed by atoms with Gasteiger partial charge in [-0.15, -0.1) is 0 Å². The monoisotopic (exact) mass is 960 g/mol. The van der Waals surface area contributed by atoms with Crippen LogP contribution in [0.3, 0.4) is 0 Å². The fraction of sp³-hybridized carbons (Fsp3) is 0.370. The highest BCUT2D eigenvalue weighted by molar-refractivity contribution is 7.80. The number of unbranched alkanes of at least 4 members (excludes halogenated alkanes) is 6. The second-order valence-corrected chi connectivity index (χ2v) is 19.2. The van der Waals surface area contributed by atoms with E-state index in [0.717, 1.165) is 80.3 Å². The van der Waals surface area contributed by atoms with Crippen molar-refractivity contribution >= 4 is 102 Å². The third kappa shape index (κ3) is 12.6. The number of benzene rings is 6. The SMILES string of the molecule is CCCCCCc1ccc2cc(-c3cc4cc(OC(=S)N(C)C)c(-c5cc6ccc(CCCCCC)cc6cc5OC(=S)N(C)C)cc4cc3OC(=S)N(C)C)c(OC(=S)N(C)C)cc2c1. The summed E-state index contributed by atoms with van der Waals surface area (Å²) in [5.41, 5.74) is 5.71. The molecule has 0 spiro atoms. The molecule has 12 heteroatoms. The van der Waals surface area contributed by atoms with E-state index in [1.807, 2.05) is 68.5 Å². The van der Waals surface area contributed by atoms with E-state index >= 15 is 0 Å². The molecule has 0 unspecified atom stereocenters. The molecule has 0 N–H and O–H groups in total. The lowest BCUT2D eigenvalue weighted by atomic mass is 9.92. The van der Waals surface area contributed by atoms with Crippen molar-refractivity contribution in [2.75, 3.05) is 56.4 Å². The standard InChI is InChI=1S/C54H64N4O4S4/c1-11-13-15-17-19-35-21-23-37-27-43(47(31-39(37)25-35)59-51(63)55(3)4)45-29-41-34-50(62-54(66)58(9)10)46(30-42(41)33-49(45)61-53(65)57(7)8)44-28-38-24-22-36(20-18-16-14-12-2)26-40(38)32-48(44)60-52(64)56(5)6/h21-34H,11-20H2,1-10H3. The predicted molar refractivity (Wildman–Crippen MR) is 293 cm³/mol. The van der Waals surface area contributed by atoms with Crippen LogP contribution in [0.4, 0.5) is 0 Å². The fourth-order valence-electron chi connectivity index (χ4n) is 7.70. The van der Waals surface area contributed by atoms with Crippen LogP contribution >= 0.6 is 48.9 Å². The summed E-state index contributed by atoms with van der Waals surface area (Å²) in [5, 5.41) is 7.28. The summed E-state index contributed by atoms with van der Waals surface area (Å²) in [6.45, 7) is 4.48. The first kappa shape index (κ1) is 50.3. The quantitative estimate of drug-likeness (QED) is 0.0686. The zero-order valence-corrected chi connectivity index (χ0v) is 43.5. The largest absolute Gasteiger partial charge is 0.431 e. The van der Waals surface area contributed by atoms with E-state index in [2.05, 4.69) is 86.6 Å². The maximum atomic E-state index is 6.61. The van der Waals surface area contributed by atoms with E-state index in [9.17, 15) is 0 Å². The molecule has 348 valence electrons. The highest BCUT2D eigenvalue weighted by Gasteiger charge is 2.23. The highest BCUT2D eigenvalue weighted by Crippen LogP contribution is 2.46. The number of fused-ring (bicyclic) bond motifs is 3. The summed E-state index contributed by atoms with van der Waals surface area (Å²) in [6, 6.07) is 30.0. The second kappa shape index (κ2) is 23.0. The Hall–Kier alpha value is -5.14. The van der Waals surface area contributed by atoms with Crippen LogP contribution < -0.4 is 18.9 Å². The molecule has 6 rings (SSSR count). The number of aryl methyl sites for hydroxylation is 2. The lowest BCUT2D eigenvalue weighted by Gasteiger charge is -2.23. The van der Waals surface area contributed by atoms with E-state index in [-0.39, 0.29) is 0 Å². The molecule has 0 aliphatic rings. The van der Waals surface area contributed by atoms with Crippen LogP contribution in [0, 0.1) is 0 Å². The van der Waals surface area contributed by atoms with Gasteiger partial charge in [-0.2, -0.15) is 0 Å². The van der Waals surface area contributed by atoms with Gasteiger partial charge in [0, 0.05) is 78.6 Å². The first-order valence-electron chi connectivity index (χ1n) is 22.9. The highest BCUT2D eigenvalue weighted by atomic mass is 32.1. The Labute approximate surface area is 413 Å². The molecule has 66 heavy (non-hydrogen) atoms. The van der Waals surface area contributed by atoms with Gasteiger partial charge in [0.25, 0.3) is 20.7 Å². The van der Waals surface area contributed by atoms with Crippen molar-refractivity contribution in [1.29, 1.82) is 0 Å². The molecular formula is C54H64N4O4S4. The van der Waals surface area contributed by atoms with Crippen molar-refractivity contribution in [3.8, 4) is 45.3 Å². The maximum absolute atomic E-state index is 6.61. The Balaban J connectivity index is 1.59. The number of ether oxygens (including phenoxy) is 4. The van der Waals surface area contributed by atoms with E-state index < -0.39 is 0 Å². The van der Waals surface area contributed by atoms with Crippen molar-refractivity contribution in [3.05, 3.63) is 96.1 Å². The lowest BCUT2D eigenvalue weighted by Crippen LogP contribution is -2.26. The van der Waals surface area contributed by atoms with Crippen LogP contribution in [0.15, 0.2) is 84.9 Å². The molecule has 0 saturated carbocycles. The molecule has 0 radical (unpaired) electrons. The summed E-state index contributed by atoms with van der Waals surface area (Å²) >= 11 is 23.1. The molecule has 0 bridgehead atoms. The second-order valence-electron chi connectivity index (χ2n) is 17.8. The number of hydrogen-bond donors (Lipinski definition) is 0. The Morgan fingerprint density at radius 1 is 0.348 bits per heavy atom. The van der Waals surface area contributed by atoms with Gasteiger partial charge >= 0.3 is 0 Å². The van der Waals surface area contributed by atoms with Gasteiger partial charge in [-0.1, -0.05) is 88.8 Å². The molecule has 0 heterocycles. The van der Waals surface area contributed by atoms with Gasteiger partial charge in [-0.05, 0) is 167 Å². The predicted octanol–water partition coefficient (Wildman–Crippen LogP) is 13.6. The first-order valence-corrected chi connectivity index (χ1v) is 24.5. The zero-order valence-electron chi connectivity index (χ0n) is 40.2. The minimum absolute atomic E-state index is 0.305. The topological polar surface area (TPSA) is 49.9 Å². The maximum Gasteiger partial charge on any atom is 0.264 e. The molecular weight excluding hydrogens is 897 g/mol. The van der Waals surface area contributed by atoms with Gasteiger partial charge < -0.3 is 38.5 Å². The van der Waals surface area contributed by atoms with Crippen molar-refractivity contribution in [3.63, 3.8) is 0 Å². The van der Waals surface area contributed by atoms with Crippen LogP contribution in [0.2, 0.25) is 0 Å². The molecule has 0 aromatic heterocycles.